The zero-order valence-corrected chi connectivity index (χ0v) is 17.6. The van der Waals surface area contributed by atoms with Gasteiger partial charge in [-0.25, -0.2) is 4.79 Å². The third kappa shape index (κ3) is 5.63. The highest BCUT2D eigenvalue weighted by Crippen LogP contribution is 2.40. The minimum absolute atomic E-state index is 0.0610. The van der Waals surface area contributed by atoms with Crippen molar-refractivity contribution in [1.82, 2.24) is 10.6 Å². The molecule has 7 nitrogen and oxygen atoms in total. The minimum Gasteiger partial charge on any atom is -0.496 e. The number of para-hydroxylation sites is 1. The van der Waals surface area contributed by atoms with E-state index < -0.39 is 6.09 Å². The molecule has 2 aromatic rings. The Morgan fingerprint density at radius 2 is 1.71 bits per heavy atom. The summed E-state index contributed by atoms with van der Waals surface area (Å²) in [4.78, 5) is 35.0. The van der Waals surface area contributed by atoms with Crippen LogP contribution >= 0.6 is 0 Å². The Hall–Kier alpha value is -3.35. The topological polar surface area (TPSA) is 93.7 Å². The molecular weight excluding hydrogens is 396 g/mol. The summed E-state index contributed by atoms with van der Waals surface area (Å²) in [6.07, 6.45) is 2.70. The number of hydrogen-bond donors (Lipinski definition) is 2. The van der Waals surface area contributed by atoms with Crippen LogP contribution in [0.15, 0.2) is 54.6 Å². The predicted molar refractivity (Wildman–Crippen MR) is 116 cm³/mol. The van der Waals surface area contributed by atoms with Crippen molar-refractivity contribution < 1.29 is 23.9 Å². The van der Waals surface area contributed by atoms with Crippen molar-refractivity contribution in [1.29, 1.82) is 0 Å². The van der Waals surface area contributed by atoms with E-state index in [9.17, 15) is 14.4 Å². The van der Waals surface area contributed by atoms with E-state index >= 15 is 0 Å². The molecule has 3 rings (SSSR count). The molecule has 2 N–H and O–H groups in total. The number of rotatable bonds is 8. The normalized spacial score (nSPS) is 20.4. The Morgan fingerprint density at radius 1 is 1.03 bits per heavy atom. The second-order valence-corrected chi connectivity index (χ2v) is 7.68. The highest BCUT2D eigenvalue weighted by molar-refractivity contribution is 5.97. The van der Waals surface area contributed by atoms with E-state index in [1.165, 1.54) is 0 Å². The van der Waals surface area contributed by atoms with Gasteiger partial charge >= 0.3 is 6.09 Å². The largest absolute Gasteiger partial charge is 0.496 e. The lowest BCUT2D eigenvalue weighted by atomic mass is 9.68. The summed E-state index contributed by atoms with van der Waals surface area (Å²) in [5, 5.41) is 5.49. The number of carbonyl (C=O) groups is 3. The first-order valence-electron chi connectivity index (χ1n) is 10.4. The fraction of sp³-hybridized carbons (Fsp3) is 0.375. The van der Waals surface area contributed by atoms with Gasteiger partial charge in [-0.1, -0.05) is 42.5 Å². The van der Waals surface area contributed by atoms with Gasteiger partial charge in [0.05, 0.1) is 19.2 Å². The van der Waals surface area contributed by atoms with Crippen molar-refractivity contribution in [3.8, 4) is 5.75 Å². The van der Waals surface area contributed by atoms with Gasteiger partial charge in [0.2, 0.25) is 0 Å². The van der Waals surface area contributed by atoms with Crippen LogP contribution in [0, 0.1) is 0 Å². The van der Waals surface area contributed by atoms with Crippen molar-refractivity contribution in [3.63, 3.8) is 0 Å². The molecule has 1 aliphatic carbocycles. The molecular formula is C24H28N2O5. The van der Waals surface area contributed by atoms with Crippen LogP contribution in [-0.2, 0) is 14.9 Å². The van der Waals surface area contributed by atoms with Crippen molar-refractivity contribution in [3.05, 3.63) is 65.7 Å². The van der Waals surface area contributed by atoms with Crippen LogP contribution in [0.25, 0.3) is 0 Å². The Kier molecular flexibility index (Phi) is 7.65. The number of hydrogen-bond acceptors (Lipinski definition) is 5. The van der Waals surface area contributed by atoms with Crippen molar-refractivity contribution >= 4 is 18.3 Å². The molecule has 0 aromatic heterocycles. The van der Waals surface area contributed by atoms with Gasteiger partial charge < -0.3 is 24.9 Å². The molecule has 2 aromatic carbocycles. The lowest BCUT2D eigenvalue weighted by Crippen LogP contribution is -2.45. The smallest absolute Gasteiger partial charge is 0.407 e. The van der Waals surface area contributed by atoms with Gasteiger partial charge in [0.25, 0.3) is 5.91 Å². The fourth-order valence-electron chi connectivity index (χ4n) is 4.12. The summed E-state index contributed by atoms with van der Waals surface area (Å²) in [6.45, 7) is 0.409. The maximum atomic E-state index is 12.9. The molecule has 0 radical (unpaired) electrons. The second-order valence-electron chi connectivity index (χ2n) is 7.68. The van der Waals surface area contributed by atoms with Gasteiger partial charge in [-0.05, 0) is 43.4 Å². The van der Waals surface area contributed by atoms with Crippen LogP contribution in [0.5, 0.6) is 5.75 Å². The quantitative estimate of drug-likeness (QED) is 0.635. The maximum absolute atomic E-state index is 12.9. The predicted octanol–water partition coefficient (Wildman–Crippen LogP) is 3.23. The lowest BCUT2D eigenvalue weighted by molar-refractivity contribution is -0.107. The Balaban J connectivity index is 1.69. The molecule has 7 heteroatoms. The van der Waals surface area contributed by atoms with Crippen LogP contribution in [0.3, 0.4) is 0 Å². The number of benzene rings is 2. The van der Waals surface area contributed by atoms with Gasteiger partial charge in [-0.3, -0.25) is 4.79 Å². The summed E-state index contributed by atoms with van der Waals surface area (Å²) in [5.74, 6) is 0.353. The molecule has 0 spiro atoms. The molecule has 0 atom stereocenters. The van der Waals surface area contributed by atoms with Gasteiger partial charge in [-0.2, -0.15) is 0 Å². The summed E-state index contributed by atoms with van der Waals surface area (Å²) >= 11 is 0. The Labute approximate surface area is 182 Å². The van der Waals surface area contributed by atoms with Gasteiger partial charge in [0.1, 0.15) is 18.1 Å². The highest BCUT2D eigenvalue weighted by atomic mass is 16.6. The number of carbonyl (C=O) groups excluding carboxylic acids is 3. The minimum atomic E-state index is -0.575. The van der Waals surface area contributed by atoms with E-state index in [0.29, 0.717) is 37.0 Å². The number of ether oxygens (including phenoxy) is 2. The average molecular weight is 424 g/mol. The molecule has 31 heavy (non-hydrogen) atoms. The summed E-state index contributed by atoms with van der Waals surface area (Å²) < 4.78 is 10.7. The van der Waals surface area contributed by atoms with Crippen molar-refractivity contribution in [2.24, 2.45) is 0 Å². The first-order chi connectivity index (χ1) is 15.1. The van der Waals surface area contributed by atoms with E-state index in [2.05, 4.69) is 22.8 Å². The van der Waals surface area contributed by atoms with Crippen LogP contribution < -0.4 is 15.4 Å². The summed E-state index contributed by atoms with van der Waals surface area (Å²) in [7, 11) is 1.55. The van der Waals surface area contributed by atoms with Gasteiger partial charge in [0, 0.05) is 12.0 Å². The van der Waals surface area contributed by atoms with Crippen molar-refractivity contribution in [2.75, 3.05) is 20.2 Å². The van der Waals surface area contributed by atoms with E-state index in [-0.39, 0.29) is 24.0 Å². The number of nitrogens with one attached hydrogen (secondary N) is 2. The molecule has 0 heterocycles. The molecule has 0 bridgehead atoms. The standard InChI is InChI=1S/C24H28N2O5/c1-30-21-10-6-5-9-20(21)22(28)26-17-24(18-7-3-2-4-8-18)13-11-19(12-14-24)31-23(29)25-15-16-27/h2-10,16,19H,11-15,17H2,1H3,(H,25,29)(H,26,28). The number of alkyl carbamates (subject to hydrolysis) is 1. The van der Waals surface area contributed by atoms with E-state index in [1.807, 2.05) is 30.3 Å². The Morgan fingerprint density at radius 3 is 2.39 bits per heavy atom. The summed E-state index contributed by atoms with van der Waals surface area (Å²) in [5.41, 5.74) is 1.40. The molecule has 1 fully saturated rings. The third-order valence-electron chi connectivity index (χ3n) is 5.82. The van der Waals surface area contributed by atoms with Gasteiger partial charge in [-0.15, -0.1) is 0 Å². The molecule has 1 aliphatic rings. The SMILES string of the molecule is COc1ccccc1C(=O)NCC1(c2ccccc2)CCC(OC(=O)NCC=O)CC1. The lowest BCUT2D eigenvalue weighted by Gasteiger charge is -2.40. The van der Waals surface area contributed by atoms with Crippen LogP contribution in [0.2, 0.25) is 0 Å². The van der Waals surface area contributed by atoms with E-state index in [1.54, 1.807) is 19.2 Å². The number of methoxy groups -OCH3 is 1. The number of amides is 2. The Bertz CT molecular complexity index is 892. The van der Waals surface area contributed by atoms with Crippen LogP contribution in [0.1, 0.15) is 41.6 Å². The van der Waals surface area contributed by atoms with Gasteiger partial charge in [0.15, 0.2) is 0 Å². The fourth-order valence-corrected chi connectivity index (χ4v) is 4.12. The number of aldehydes is 1. The van der Waals surface area contributed by atoms with E-state index in [4.69, 9.17) is 9.47 Å². The first kappa shape index (κ1) is 22.3. The average Bonchev–Trinajstić information content (AvgIpc) is 2.82. The van der Waals surface area contributed by atoms with Crippen LogP contribution in [-0.4, -0.2) is 44.6 Å². The molecule has 164 valence electrons. The highest BCUT2D eigenvalue weighted by Gasteiger charge is 2.38. The molecule has 0 aliphatic heterocycles. The van der Waals surface area contributed by atoms with Crippen LogP contribution in [0.4, 0.5) is 4.79 Å². The maximum Gasteiger partial charge on any atom is 0.407 e. The second kappa shape index (κ2) is 10.6. The zero-order valence-electron chi connectivity index (χ0n) is 17.6. The third-order valence-corrected chi connectivity index (χ3v) is 5.82. The summed E-state index contributed by atoms with van der Waals surface area (Å²) in [6, 6.07) is 17.3. The first-order valence-corrected chi connectivity index (χ1v) is 10.4. The zero-order chi connectivity index (χ0) is 22.1. The van der Waals surface area contributed by atoms with Crippen molar-refractivity contribution in [2.45, 2.75) is 37.2 Å². The monoisotopic (exact) mass is 424 g/mol. The molecule has 2 amide bonds. The molecule has 0 saturated heterocycles. The molecule has 1 saturated carbocycles. The van der Waals surface area contributed by atoms with E-state index in [0.717, 1.165) is 18.4 Å². The molecule has 0 unspecified atom stereocenters.